The van der Waals surface area contributed by atoms with E-state index in [-0.39, 0.29) is 12.2 Å². The molecule has 94 valence electrons. The largest absolute Gasteiger partial charge is 0.483 e. The number of hydrogen-bond donors (Lipinski definition) is 1. The van der Waals surface area contributed by atoms with Crippen LogP contribution in [0.5, 0.6) is 5.75 Å². The average molecular weight is 235 g/mol. The van der Waals surface area contributed by atoms with Gasteiger partial charge in [0.05, 0.1) is 18.8 Å². The lowest BCUT2D eigenvalue weighted by molar-refractivity contribution is 0.0564. The number of ether oxygens (including phenoxy) is 1. The summed E-state index contributed by atoms with van der Waals surface area (Å²) in [5.41, 5.74) is 0.989. The summed E-state index contributed by atoms with van der Waals surface area (Å²) in [5, 5.41) is 9.18. The van der Waals surface area contributed by atoms with E-state index >= 15 is 0 Å². The van der Waals surface area contributed by atoms with Crippen molar-refractivity contribution in [1.82, 2.24) is 0 Å². The van der Waals surface area contributed by atoms with Gasteiger partial charge in [-0.1, -0.05) is 26.0 Å². The molecule has 2 rings (SSSR count). The Bertz CT molecular complexity index is 374. The fourth-order valence-corrected chi connectivity index (χ4v) is 2.44. The molecule has 1 heterocycles. The van der Waals surface area contributed by atoms with Gasteiger partial charge in [-0.3, -0.25) is 0 Å². The molecule has 3 nitrogen and oxygen atoms in total. The van der Waals surface area contributed by atoms with Crippen molar-refractivity contribution in [2.24, 2.45) is 0 Å². The SMILES string of the molecule is CCC1(CC)CN(CCO)c2ccccc2O1. The molecule has 17 heavy (non-hydrogen) atoms. The van der Waals surface area contributed by atoms with Crippen LogP contribution in [0.15, 0.2) is 24.3 Å². The minimum Gasteiger partial charge on any atom is -0.483 e. The van der Waals surface area contributed by atoms with E-state index in [9.17, 15) is 5.11 Å². The maximum absolute atomic E-state index is 9.18. The lowest BCUT2D eigenvalue weighted by Crippen LogP contribution is -2.51. The van der Waals surface area contributed by atoms with E-state index in [1.165, 1.54) is 0 Å². The number of hydrogen-bond acceptors (Lipinski definition) is 3. The van der Waals surface area contributed by atoms with Crippen LogP contribution < -0.4 is 9.64 Å². The van der Waals surface area contributed by atoms with E-state index in [0.29, 0.717) is 6.54 Å². The zero-order chi connectivity index (χ0) is 12.3. The van der Waals surface area contributed by atoms with Gasteiger partial charge in [-0.05, 0) is 25.0 Å². The van der Waals surface area contributed by atoms with Gasteiger partial charge in [0, 0.05) is 6.54 Å². The van der Waals surface area contributed by atoms with Gasteiger partial charge in [0.1, 0.15) is 11.4 Å². The van der Waals surface area contributed by atoms with Gasteiger partial charge in [-0.25, -0.2) is 0 Å². The minimum absolute atomic E-state index is 0.108. The zero-order valence-corrected chi connectivity index (χ0v) is 10.6. The molecule has 0 atom stereocenters. The Labute approximate surface area is 103 Å². The third-order valence-electron chi connectivity index (χ3n) is 3.67. The van der Waals surface area contributed by atoms with Crippen LogP contribution in [0.1, 0.15) is 26.7 Å². The summed E-state index contributed by atoms with van der Waals surface area (Å²) in [6.45, 7) is 6.03. The van der Waals surface area contributed by atoms with Crippen molar-refractivity contribution in [2.75, 3.05) is 24.6 Å². The molecule has 0 radical (unpaired) electrons. The molecule has 1 N–H and O–H groups in total. The van der Waals surface area contributed by atoms with Crippen molar-refractivity contribution in [3.05, 3.63) is 24.3 Å². The quantitative estimate of drug-likeness (QED) is 0.870. The highest BCUT2D eigenvalue weighted by molar-refractivity contribution is 5.60. The first-order valence-electron chi connectivity index (χ1n) is 6.38. The molecule has 1 aromatic carbocycles. The first-order valence-corrected chi connectivity index (χ1v) is 6.38. The number of anilines is 1. The number of benzene rings is 1. The summed E-state index contributed by atoms with van der Waals surface area (Å²) in [4.78, 5) is 2.23. The smallest absolute Gasteiger partial charge is 0.143 e. The molecule has 3 heteroatoms. The summed E-state index contributed by atoms with van der Waals surface area (Å²) >= 11 is 0. The van der Waals surface area contributed by atoms with Crippen molar-refractivity contribution in [3.63, 3.8) is 0 Å². The standard InChI is InChI=1S/C14H21NO2/c1-3-14(4-2)11-15(9-10-16)12-7-5-6-8-13(12)17-14/h5-8,16H,3-4,9-11H2,1-2H3. The molecule has 0 saturated carbocycles. The Morgan fingerprint density at radius 3 is 2.65 bits per heavy atom. The molecule has 0 saturated heterocycles. The molecule has 0 fully saturated rings. The highest BCUT2D eigenvalue weighted by Gasteiger charge is 2.36. The monoisotopic (exact) mass is 235 g/mol. The van der Waals surface area contributed by atoms with Gasteiger partial charge in [-0.2, -0.15) is 0 Å². The summed E-state index contributed by atoms with van der Waals surface area (Å²) in [6.07, 6.45) is 1.97. The Balaban J connectivity index is 2.35. The fourth-order valence-electron chi connectivity index (χ4n) is 2.44. The van der Waals surface area contributed by atoms with E-state index in [1.807, 2.05) is 18.2 Å². The summed E-state index contributed by atoms with van der Waals surface area (Å²) < 4.78 is 6.17. The molecular formula is C14H21NO2. The van der Waals surface area contributed by atoms with Gasteiger partial charge in [0.25, 0.3) is 0 Å². The van der Waals surface area contributed by atoms with Crippen molar-refractivity contribution in [2.45, 2.75) is 32.3 Å². The fraction of sp³-hybridized carbons (Fsp3) is 0.571. The highest BCUT2D eigenvalue weighted by atomic mass is 16.5. The van der Waals surface area contributed by atoms with Crippen LogP contribution in [0.3, 0.4) is 0 Å². The summed E-state index contributed by atoms with van der Waals surface area (Å²) in [5.74, 6) is 0.941. The molecule has 1 aromatic rings. The van der Waals surface area contributed by atoms with Crippen molar-refractivity contribution in [1.29, 1.82) is 0 Å². The van der Waals surface area contributed by atoms with Gasteiger partial charge < -0.3 is 14.7 Å². The highest BCUT2D eigenvalue weighted by Crippen LogP contribution is 2.39. The van der Waals surface area contributed by atoms with Gasteiger partial charge >= 0.3 is 0 Å². The lowest BCUT2D eigenvalue weighted by Gasteiger charge is -2.44. The van der Waals surface area contributed by atoms with Gasteiger partial charge in [0.15, 0.2) is 0 Å². The zero-order valence-electron chi connectivity index (χ0n) is 10.6. The van der Waals surface area contributed by atoms with Crippen LogP contribution >= 0.6 is 0 Å². The third kappa shape index (κ3) is 2.25. The first-order chi connectivity index (χ1) is 8.24. The van der Waals surface area contributed by atoms with Crippen LogP contribution in [0.2, 0.25) is 0 Å². The molecule has 0 amide bonds. The van der Waals surface area contributed by atoms with Gasteiger partial charge in [0.2, 0.25) is 0 Å². The normalized spacial score (nSPS) is 17.5. The lowest BCUT2D eigenvalue weighted by atomic mass is 9.94. The van der Waals surface area contributed by atoms with Crippen LogP contribution in [0.25, 0.3) is 0 Å². The molecule has 1 aliphatic heterocycles. The molecule has 0 unspecified atom stereocenters. The second kappa shape index (κ2) is 4.96. The number of β-amino-alcohol motifs (C(OH)–C–C–N with tert-alkyl or cyclic N) is 1. The number of aliphatic hydroxyl groups excluding tert-OH is 1. The summed E-state index contributed by atoms with van der Waals surface area (Å²) in [6, 6.07) is 8.08. The summed E-state index contributed by atoms with van der Waals surface area (Å²) in [7, 11) is 0. The first kappa shape index (κ1) is 12.2. The number of nitrogens with zero attached hydrogens (tertiary/aromatic N) is 1. The average Bonchev–Trinajstić information content (AvgIpc) is 2.39. The molecular weight excluding hydrogens is 214 g/mol. The van der Waals surface area contributed by atoms with E-state index in [2.05, 4.69) is 24.8 Å². The van der Waals surface area contributed by atoms with Crippen LogP contribution in [-0.4, -0.2) is 30.4 Å². The molecule has 0 aliphatic carbocycles. The van der Waals surface area contributed by atoms with Gasteiger partial charge in [-0.15, -0.1) is 0 Å². The topological polar surface area (TPSA) is 32.7 Å². The van der Waals surface area contributed by atoms with E-state index < -0.39 is 0 Å². The Hall–Kier alpha value is -1.22. The Morgan fingerprint density at radius 2 is 2.00 bits per heavy atom. The van der Waals surface area contributed by atoms with Crippen molar-refractivity contribution < 1.29 is 9.84 Å². The molecule has 0 aromatic heterocycles. The predicted molar refractivity (Wildman–Crippen MR) is 69.7 cm³/mol. The van der Waals surface area contributed by atoms with Crippen LogP contribution in [-0.2, 0) is 0 Å². The van der Waals surface area contributed by atoms with E-state index in [1.54, 1.807) is 0 Å². The number of aliphatic hydroxyl groups is 1. The molecule has 0 spiro atoms. The second-order valence-electron chi connectivity index (χ2n) is 4.61. The number of para-hydroxylation sites is 2. The maximum atomic E-state index is 9.18. The second-order valence-corrected chi connectivity index (χ2v) is 4.61. The maximum Gasteiger partial charge on any atom is 0.143 e. The van der Waals surface area contributed by atoms with E-state index in [4.69, 9.17) is 4.74 Å². The van der Waals surface area contributed by atoms with Crippen molar-refractivity contribution >= 4 is 5.69 Å². The number of fused-ring (bicyclic) bond motifs is 1. The Morgan fingerprint density at radius 1 is 1.29 bits per heavy atom. The predicted octanol–water partition coefficient (Wildman–Crippen LogP) is 2.44. The Kier molecular flexibility index (Phi) is 3.57. The third-order valence-corrected chi connectivity index (χ3v) is 3.67. The number of rotatable bonds is 4. The van der Waals surface area contributed by atoms with Crippen LogP contribution in [0.4, 0.5) is 5.69 Å². The molecule has 0 bridgehead atoms. The van der Waals surface area contributed by atoms with Crippen LogP contribution in [0, 0.1) is 0 Å². The molecule has 1 aliphatic rings. The minimum atomic E-state index is -0.108. The van der Waals surface area contributed by atoms with E-state index in [0.717, 1.165) is 30.8 Å². The van der Waals surface area contributed by atoms with Crippen molar-refractivity contribution in [3.8, 4) is 5.75 Å².